The van der Waals surface area contributed by atoms with Crippen LogP contribution >= 0.6 is 0 Å². The highest BCUT2D eigenvalue weighted by molar-refractivity contribution is 7.85. The molecule has 5 heteroatoms. The molecule has 2 saturated heterocycles. The van der Waals surface area contributed by atoms with Gasteiger partial charge in [0.1, 0.15) is 5.82 Å². The number of rotatable bonds is 3. The molecule has 0 unspecified atom stereocenters. The lowest BCUT2D eigenvalue weighted by atomic mass is 10.1. The number of pyridine rings is 1. The summed E-state index contributed by atoms with van der Waals surface area (Å²) in [7, 11) is -0.587. The zero-order valence-electron chi connectivity index (χ0n) is 11.2. The Labute approximate surface area is 117 Å². The second-order valence-electron chi connectivity index (χ2n) is 5.37. The molecule has 3 heterocycles. The summed E-state index contributed by atoms with van der Waals surface area (Å²) in [6.45, 7) is 2.27. The Morgan fingerprint density at radius 3 is 2.58 bits per heavy atom. The molecular weight excluding hydrogens is 258 g/mol. The highest BCUT2D eigenvalue weighted by Gasteiger charge is 2.18. The van der Waals surface area contributed by atoms with Crippen LogP contribution in [-0.2, 0) is 10.8 Å². The lowest BCUT2D eigenvalue weighted by Gasteiger charge is -2.24. The molecule has 2 aliphatic heterocycles. The molecule has 0 atom stereocenters. The van der Waals surface area contributed by atoms with Crippen molar-refractivity contribution in [1.82, 2.24) is 4.98 Å². The summed E-state index contributed by atoms with van der Waals surface area (Å²) in [6, 6.07) is 4.68. The number of anilines is 2. The molecule has 1 aromatic rings. The van der Waals surface area contributed by atoms with Crippen molar-refractivity contribution in [3.8, 4) is 0 Å². The van der Waals surface area contributed by atoms with Crippen LogP contribution in [0.25, 0.3) is 0 Å². The summed E-state index contributed by atoms with van der Waals surface area (Å²) in [5, 5.41) is 3.50. The van der Waals surface area contributed by atoms with Crippen LogP contribution in [0.1, 0.15) is 25.7 Å². The van der Waals surface area contributed by atoms with Crippen molar-refractivity contribution in [2.24, 2.45) is 0 Å². The molecule has 0 spiro atoms. The van der Waals surface area contributed by atoms with Crippen LogP contribution in [0.2, 0.25) is 0 Å². The molecule has 19 heavy (non-hydrogen) atoms. The van der Waals surface area contributed by atoms with Crippen LogP contribution in [0.5, 0.6) is 0 Å². The van der Waals surface area contributed by atoms with E-state index >= 15 is 0 Å². The van der Waals surface area contributed by atoms with E-state index in [2.05, 4.69) is 27.3 Å². The number of aromatic nitrogens is 1. The molecule has 0 aliphatic carbocycles. The smallest absolute Gasteiger partial charge is 0.128 e. The molecule has 0 saturated carbocycles. The number of hydrogen-bond donors (Lipinski definition) is 1. The lowest BCUT2D eigenvalue weighted by molar-refractivity contribution is 0.624. The van der Waals surface area contributed by atoms with Crippen molar-refractivity contribution in [2.75, 3.05) is 34.8 Å². The molecule has 4 nitrogen and oxygen atoms in total. The zero-order valence-corrected chi connectivity index (χ0v) is 12.0. The van der Waals surface area contributed by atoms with E-state index in [1.165, 1.54) is 12.8 Å². The largest absolute Gasteiger partial charge is 0.381 e. The van der Waals surface area contributed by atoms with E-state index in [4.69, 9.17) is 0 Å². The van der Waals surface area contributed by atoms with Gasteiger partial charge >= 0.3 is 0 Å². The Hall–Kier alpha value is -1.10. The SMILES string of the molecule is O=S1CCC(Nc2ccc(N3CCCC3)nc2)CC1. The highest BCUT2D eigenvalue weighted by Crippen LogP contribution is 2.21. The van der Waals surface area contributed by atoms with Crippen LogP contribution in [0.4, 0.5) is 11.5 Å². The molecule has 0 radical (unpaired) electrons. The van der Waals surface area contributed by atoms with E-state index in [0.29, 0.717) is 6.04 Å². The second-order valence-corrected chi connectivity index (χ2v) is 7.06. The van der Waals surface area contributed by atoms with Gasteiger partial charge < -0.3 is 10.2 Å². The van der Waals surface area contributed by atoms with Gasteiger partial charge in [-0.05, 0) is 37.8 Å². The third-order valence-corrected chi connectivity index (χ3v) is 5.32. The summed E-state index contributed by atoms with van der Waals surface area (Å²) in [4.78, 5) is 6.89. The van der Waals surface area contributed by atoms with E-state index in [-0.39, 0.29) is 0 Å². The van der Waals surface area contributed by atoms with Gasteiger partial charge in [0, 0.05) is 41.4 Å². The summed E-state index contributed by atoms with van der Waals surface area (Å²) < 4.78 is 11.3. The number of nitrogens with zero attached hydrogens (tertiary/aromatic N) is 2. The van der Waals surface area contributed by atoms with Gasteiger partial charge in [0.2, 0.25) is 0 Å². The Kier molecular flexibility index (Phi) is 4.01. The molecule has 1 N–H and O–H groups in total. The minimum absolute atomic E-state index is 0.456. The van der Waals surface area contributed by atoms with Gasteiger partial charge in [-0.3, -0.25) is 4.21 Å². The Balaban J connectivity index is 1.58. The standard InChI is InChI=1S/C14H21N3OS/c18-19-9-5-12(6-10-19)16-13-3-4-14(15-11-13)17-7-1-2-8-17/h3-4,11-12,16H,1-2,5-10H2. The molecule has 3 rings (SSSR count). The lowest BCUT2D eigenvalue weighted by Crippen LogP contribution is -2.29. The first-order valence-corrected chi connectivity index (χ1v) is 8.62. The van der Waals surface area contributed by atoms with Crippen molar-refractivity contribution < 1.29 is 4.21 Å². The van der Waals surface area contributed by atoms with Crippen molar-refractivity contribution in [1.29, 1.82) is 0 Å². The molecular formula is C14H21N3OS. The van der Waals surface area contributed by atoms with Crippen molar-refractivity contribution in [3.63, 3.8) is 0 Å². The van der Waals surface area contributed by atoms with E-state index in [0.717, 1.165) is 48.9 Å². The van der Waals surface area contributed by atoms with Gasteiger partial charge in [-0.1, -0.05) is 0 Å². The average molecular weight is 279 g/mol. The van der Waals surface area contributed by atoms with E-state index in [1.807, 2.05) is 6.20 Å². The Bertz CT molecular complexity index is 433. The van der Waals surface area contributed by atoms with E-state index in [1.54, 1.807) is 0 Å². The summed E-state index contributed by atoms with van der Waals surface area (Å²) in [5.74, 6) is 2.75. The van der Waals surface area contributed by atoms with Gasteiger partial charge in [-0.15, -0.1) is 0 Å². The predicted molar refractivity (Wildman–Crippen MR) is 80.2 cm³/mol. The molecule has 104 valence electrons. The first-order chi connectivity index (χ1) is 9.31. The summed E-state index contributed by atoms with van der Waals surface area (Å²) in [6.07, 6.45) is 6.49. The minimum Gasteiger partial charge on any atom is -0.381 e. The topological polar surface area (TPSA) is 45.2 Å². The predicted octanol–water partition coefficient (Wildman–Crippen LogP) is 2.00. The van der Waals surface area contributed by atoms with Gasteiger partial charge in [-0.25, -0.2) is 4.98 Å². The van der Waals surface area contributed by atoms with E-state index in [9.17, 15) is 4.21 Å². The molecule has 0 aromatic carbocycles. The van der Waals surface area contributed by atoms with Crippen molar-refractivity contribution in [3.05, 3.63) is 18.3 Å². The fraction of sp³-hybridized carbons (Fsp3) is 0.643. The maximum atomic E-state index is 11.3. The maximum absolute atomic E-state index is 11.3. The summed E-state index contributed by atoms with van der Waals surface area (Å²) >= 11 is 0. The second kappa shape index (κ2) is 5.90. The van der Waals surface area contributed by atoms with E-state index < -0.39 is 10.8 Å². The Morgan fingerprint density at radius 2 is 1.95 bits per heavy atom. The van der Waals surface area contributed by atoms with Crippen molar-refractivity contribution >= 4 is 22.3 Å². The van der Waals surface area contributed by atoms with Crippen LogP contribution in [0, 0.1) is 0 Å². The maximum Gasteiger partial charge on any atom is 0.128 e. The third kappa shape index (κ3) is 3.26. The van der Waals surface area contributed by atoms with Gasteiger partial charge in [0.05, 0.1) is 11.9 Å². The average Bonchev–Trinajstić information content (AvgIpc) is 2.96. The van der Waals surface area contributed by atoms with Crippen LogP contribution in [0.3, 0.4) is 0 Å². The molecule has 2 aliphatic rings. The fourth-order valence-electron chi connectivity index (χ4n) is 2.78. The number of nitrogens with one attached hydrogen (secondary N) is 1. The van der Waals surface area contributed by atoms with Crippen molar-refractivity contribution in [2.45, 2.75) is 31.7 Å². The highest BCUT2D eigenvalue weighted by atomic mass is 32.2. The molecule has 2 fully saturated rings. The molecule has 1 aromatic heterocycles. The first-order valence-electron chi connectivity index (χ1n) is 7.14. The van der Waals surface area contributed by atoms with Gasteiger partial charge in [0.25, 0.3) is 0 Å². The zero-order chi connectivity index (χ0) is 13.1. The number of hydrogen-bond acceptors (Lipinski definition) is 4. The van der Waals surface area contributed by atoms with Gasteiger partial charge in [0.15, 0.2) is 0 Å². The molecule has 0 bridgehead atoms. The Morgan fingerprint density at radius 1 is 1.21 bits per heavy atom. The minimum atomic E-state index is -0.587. The normalized spacial score (nSPS) is 27.5. The van der Waals surface area contributed by atoms with Crippen LogP contribution in [0.15, 0.2) is 18.3 Å². The third-order valence-electron chi connectivity index (χ3n) is 3.94. The van der Waals surface area contributed by atoms with Crippen LogP contribution < -0.4 is 10.2 Å². The first kappa shape index (κ1) is 12.9. The monoisotopic (exact) mass is 279 g/mol. The fourth-order valence-corrected chi connectivity index (χ4v) is 4.08. The molecule has 0 amide bonds. The van der Waals surface area contributed by atoms with Crippen LogP contribution in [-0.4, -0.2) is 39.8 Å². The quantitative estimate of drug-likeness (QED) is 0.919. The summed E-state index contributed by atoms with van der Waals surface area (Å²) in [5.41, 5.74) is 1.08. The van der Waals surface area contributed by atoms with Gasteiger partial charge in [-0.2, -0.15) is 0 Å².